The fourth-order valence-corrected chi connectivity index (χ4v) is 2.21. The van der Waals surface area contributed by atoms with Crippen LogP contribution in [0.2, 0.25) is 0 Å². The minimum absolute atomic E-state index is 0.149. The van der Waals surface area contributed by atoms with Crippen molar-refractivity contribution < 1.29 is 9.53 Å². The number of carbonyl (C=O) groups excluding carboxylic acids is 1. The summed E-state index contributed by atoms with van der Waals surface area (Å²) >= 11 is 0. The molecule has 80 valence electrons. The van der Waals surface area contributed by atoms with Gasteiger partial charge >= 0.3 is 6.09 Å². The van der Waals surface area contributed by atoms with E-state index < -0.39 is 0 Å². The molecule has 2 heterocycles. The van der Waals surface area contributed by atoms with E-state index in [-0.39, 0.29) is 17.7 Å². The van der Waals surface area contributed by atoms with Gasteiger partial charge in [0.15, 0.2) is 0 Å². The fraction of sp³-hybridized carbons (Fsp3) is 0.900. The summed E-state index contributed by atoms with van der Waals surface area (Å²) in [5.41, 5.74) is -0.237. The van der Waals surface area contributed by atoms with E-state index in [0.717, 1.165) is 32.5 Å². The molecule has 2 saturated heterocycles. The van der Waals surface area contributed by atoms with E-state index in [9.17, 15) is 4.79 Å². The minimum Gasteiger partial charge on any atom is -0.440 e. The highest BCUT2D eigenvalue weighted by Gasteiger charge is 2.46. The van der Waals surface area contributed by atoms with Crippen LogP contribution in [0.25, 0.3) is 0 Å². The van der Waals surface area contributed by atoms with Crippen LogP contribution in [-0.2, 0) is 4.74 Å². The van der Waals surface area contributed by atoms with Crippen molar-refractivity contribution in [3.63, 3.8) is 0 Å². The summed E-state index contributed by atoms with van der Waals surface area (Å²) in [6.07, 6.45) is 1.94. The van der Waals surface area contributed by atoms with Crippen molar-refractivity contribution in [1.29, 1.82) is 0 Å². The summed E-state index contributed by atoms with van der Waals surface area (Å²) in [6.45, 7) is 6.65. The number of piperidine rings is 1. The van der Waals surface area contributed by atoms with Gasteiger partial charge in [0, 0.05) is 12.6 Å². The predicted molar refractivity (Wildman–Crippen MR) is 53.2 cm³/mol. The second kappa shape index (κ2) is 3.42. The van der Waals surface area contributed by atoms with E-state index in [1.165, 1.54) is 0 Å². The zero-order chi connectivity index (χ0) is 10.2. The summed E-state index contributed by atoms with van der Waals surface area (Å²) < 4.78 is 5.49. The summed E-state index contributed by atoms with van der Waals surface area (Å²) in [5, 5.41) is 3.29. The highest BCUT2D eigenvalue weighted by atomic mass is 16.6. The van der Waals surface area contributed by atoms with Crippen molar-refractivity contribution in [3.05, 3.63) is 0 Å². The molecule has 2 aliphatic heterocycles. The van der Waals surface area contributed by atoms with Gasteiger partial charge in [-0.2, -0.15) is 0 Å². The number of hydrogen-bond donors (Lipinski definition) is 1. The monoisotopic (exact) mass is 198 g/mol. The van der Waals surface area contributed by atoms with Crippen molar-refractivity contribution in [3.8, 4) is 0 Å². The topological polar surface area (TPSA) is 41.6 Å². The summed E-state index contributed by atoms with van der Waals surface area (Å²) in [5.74, 6) is 0. The molecule has 2 fully saturated rings. The Morgan fingerprint density at radius 2 is 2.36 bits per heavy atom. The smallest absolute Gasteiger partial charge is 0.410 e. The Hall–Kier alpha value is -0.770. The van der Waals surface area contributed by atoms with Gasteiger partial charge < -0.3 is 15.0 Å². The number of nitrogens with one attached hydrogen (secondary N) is 1. The van der Waals surface area contributed by atoms with Gasteiger partial charge in [-0.05, 0) is 33.2 Å². The first kappa shape index (κ1) is 9.77. The molecule has 1 atom stereocenters. The SMILES string of the molecule is CC(C)N1C[C@]2(CCCNC2)OC1=O. The van der Waals surface area contributed by atoms with E-state index in [2.05, 4.69) is 5.32 Å². The number of ether oxygens (including phenoxy) is 1. The van der Waals surface area contributed by atoms with E-state index >= 15 is 0 Å². The van der Waals surface area contributed by atoms with Crippen LogP contribution in [0.5, 0.6) is 0 Å². The van der Waals surface area contributed by atoms with Crippen LogP contribution in [0, 0.1) is 0 Å². The van der Waals surface area contributed by atoms with Crippen LogP contribution < -0.4 is 5.32 Å². The zero-order valence-electron chi connectivity index (χ0n) is 8.88. The first-order valence-corrected chi connectivity index (χ1v) is 5.33. The molecular formula is C10H18N2O2. The molecule has 0 radical (unpaired) electrons. The average molecular weight is 198 g/mol. The third-order valence-corrected chi connectivity index (χ3v) is 3.05. The molecule has 1 amide bonds. The van der Waals surface area contributed by atoms with Crippen molar-refractivity contribution in [2.45, 2.75) is 38.3 Å². The molecule has 0 saturated carbocycles. The molecule has 0 bridgehead atoms. The molecular weight excluding hydrogens is 180 g/mol. The molecule has 0 aromatic rings. The van der Waals surface area contributed by atoms with Crippen molar-refractivity contribution in [1.82, 2.24) is 10.2 Å². The van der Waals surface area contributed by atoms with E-state index in [4.69, 9.17) is 4.74 Å². The molecule has 4 heteroatoms. The number of carbonyl (C=O) groups is 1. The Kier molecular flexibility index (Phi) is 2.39. The van der Waals surface area contributed by atoms with Crippen LogP contribution in [0.1, 0.15) is 26.7 Å². The largest absolute Gasteiger partial charge is 0.440 e. The molecule has 4 nitrogen and oxygen atoms in total. The molecule has 2 rings (SSSR count). The Labute approximate surface area is 84.6 Å². The molecule has 0 aromatic heterocycles. The van der Waals surface area contributed by atoms with Gasteiger partial charge in [0.25, 0.3) is 0 Å². The molecule has 1 spiro atoms. The average Bonchev–Trinajstić information content (AvgIpc) is 2.44. The highest BCUT2D eigenvalue weighted by Crippen LogP contribution is 2.30. The Bertz CT molecular complexity index is 234. The lowest BCUT2D eigenvalue weighted by atomic mass is 9.94. The van der Waals surface area contributed by atoms with E-state index in [1.54, 1.807) is 0 Å². The van der Waals surface area contributed by atoms with Gasteiger partial charge in [-0.3, -0.25) is 0 Å². The third-order valence-electron chi connectivity index (χ3n) is 3.05. The first-order chi connectivity index (χ1) is 6.63. The van der Waals surface area contributed by atoms with Crippen molar-refractivity contribution in [2.24, 2.45) is 0 Å². The van der Waals surface area contributed by atoms with Crippen molar-refractivity contribution >= 4 is 6.09 Å². The molecule has 14 heavy (non-hydrogen) atoms. The second-order valence-electron chi connectivity index (χ2n) is 4.55. The Morgan fingerprint density at radius 1 is 1.57 bits per heavy atom. The minimum atomic E-state index is -0.237. The zero-order valence-corrected chi connectivity index (χ0v) is 8.88. The predicted octanol–water partition coefficient (Wildman–Crippen LogP) is 0.969. The van der Waals surface area contributed by atoms with Gasteiger partial charge in [-0.1, -0.05) is 0 Å². The number of amides is 1. The van der Waals surface area contributed by atoms with Crippen LogP contribution >= 0.6 is 0 Å². The van der Waals surface area contributed by atoms with Crippen LogP contribution in [-0.4, -0.2) is 42.3 Å². The van der Waals surface area contributed by atoms with Crippen LogP contribution in [0.4, 0.5) is 4.79 Å². The fourth-order valence-electron chi connectivity index (χ4n) is 2.21. The Morgan fingerprint density at radius 3 is 2.86 bits per heavy atom. The van der Waals surface area contributed by atoms with Crippen molar-refractivity contribution in [2.75, 3.05) is 19.6 Å². The maximum Gasteiger partial charge on any atom is 0.410 e. The van der Waals surface area contributed by atoms with E-state index in [0.29, 0.717) is 0 Å². The molecule has 0 aliphatic carbocycles. The van der Waals surface area contributed by atoms with Gasteiger partial charge in [0.2, 0.25) is 0 Å². The highest BCUT2D eigenvalue weighted by molar-refractivity contribution is 5.71. The number of hydrogen-bond acceptors (Lipinski definition) is 3. The maximum absolute atomic E-state index is 11.6. The number of nitrogens with zero attached hydrogens (tertiary/aromatic N) is 1. The lowest BCUT2D eigenvalue weighted by Crippen LogP contribution is -2.49. The lowest BCUT2D eigenvalue weighted by Gasteiger charge is -2.31. The van der Waals surface area contributed by atoms with Gasteiger partial charge in [-0.15, -0.1) is 0 Å². The lowest BCUT2D eigenvalue weighted by molar-refractivity contribution is 0.0366. The van der Waals surface area contributed by atoms with Crippen LogP contribution in [0.3, 0.4) is 0 Å². The molecule has 0 unspecified atom stereocenters. The number of rotatable bonds is 1. The quantitative estimate of drug-likeness (QED) is 0.682. The summed E-state index contributed by atoms with van der Waals surface area (Å²) in [4.78, 5) is 13.4. The Balaban J connectivity index is 2.07. The van der Waals surface area contributed by atoms with E-state index in [1.807, 2.05) is 18.7 Å². The maximum atomic E-state index is 11.6. The summed E-state index contributed by atoms with van der Waals surface area (Å²) in [6, 6.07) is 0.240. The normalized spacial score (nSPS) is 32.8. The van der Waals surface area contributed by atoms with Gasteiger partial charge in [0.05, 0.1) is 6.54 Å². The standard InChI is InChI=1S/C10H18N2O2/c1-8(2)12-7-10(14-9(12)13)4-3-5-11-6-10/h8,11H,3-7H2,1-2H3/t10-/m1/s1. The molecule has 0 aromatic carbocycles. The van der Waals surface area contributed by atoms with Gasteiger partial charge in [-0.25, -0.2) is 4.79 Å². The molecule has 1 N–H and O–H groups in total. The first-order valence-electron chi connectivity index (χ1n) is 5.33. The summed E-state index contributed by atoms with van der Waals surface area (Å²) in [7, 11) is 0. The van der Waals surface area contributed by atoms with Gasteiger partial charge in [0.1, 0.15) is 5.60 Å². The van der Waals surface area contributed by atoms with Crippen LogP contribution in [0.15, 0.2) is 0 Å². The second-order valence-corrected chi connectivity index (χ2v) is 4.55. The third kappa shape index (κ3) is 1.59. The molecule has 2 aliphatic rings.